The van der Waals surface area contributed by atoms with Crippen LogP contribution >= 0.6 is 0 Å². The van der Waals surface area contributed by atoms with Gasteiger partial charge in [0.15, 0.2) is 0 Å². The SMILES string of the molecule is CCOc1nc(Nc2ccc(F)c(C(F)(F)F)c2)nc(NC2CCN(S(C)(=O)=O)CC2)n1. The summed E-state index contributed by atoms with van der Waals surface area (Å²) >= 11 is 0. The van der Waals surface area contributed by atoms with Gasteiger partial charge in [-0.15, -0.1) is 0 Å². The Labute approximate surface area is 182 Å². The van der Waals surface area contributed by atoms with Crippen molar-refractivity contribution in [3.63, 3.8) is 0 Å². The van der Waals surface area contributed by atoms with Gasteiger partial charge in [-0.25, -0.2) is 17.1 Å². The molecule has 3 rings (SSSR count). The molecular weight excluding hydrogens is 456 g/mol. The van der Waals surface area contributed by atoms with Gasteiger partial charge in [0.1, 0.15) is 5.82 Å². The number of nitrogens with one attached hydrogen (secondary N) is 2. The molecule has 0 atom stereocenters. The summed E-state index contributed by atoms with van der Waals surface area (Å²) in [5.41, 5.74) is -1.49. The predicted octanol–water partition coefficient (Wildman–Crippen LogP) is 3.01. The van der Waals surface area contributed by atoms with E-state index in [4.69, 9.17) is 4.74 Å². The minimum atomic E-state index is -4.86. The summed E-state index contributed by atoms with van der Waals surface area (Å²) in [6.07, 6.45) is -2.68. The third-order valence-electron chi connectivity index (χ3n) is 4.67. The van der Waals surface area contributed by atoms with E-state index in [9.17, 15) is 26.0 Å². The fourth-order valence-corrected chi connectivity index (χ4v) is 4.01. The average molecular weight is 478 g/mol. The first-order valence-electron chi connectivity index (χ1n) is 9.70. The number of ether oxygens (including phenoxy) is 1. The van der Waals surface area contributed by atoms with Crippen molar-refractivity contribution >= 4 is 27.6 Å². The molecular formula is C18H22F4N6O3S. The monoisotopic (exact) mass is 478 g/mol. The summed E-state index contributed by atoms with van der Waals surface area (Å²) in [4.78, 5) is 12.3. The van der Waals surface area contributed by atoms with Crippen molar-refractivity contribution in [2.24, 2.45) is 0 Å². The van der Waals surface area contributed by atoms with Gasteiger partial charge in [0.2, 0.25) is 21.9 Å². The number of alkyl halides is 3. The second-order valence-corrected chi connectivity index (χ2v) is 9.08. The van der Waals surface area contributed by atoms with Crippen molar-refractivity contribution < 1.29 is 30.7 Å². The number of hydrogen-bond donors (Lipinski definition) is 2. The maximum atomic E-state index is 13.5. The maximum absolute atomic E-state index is 13.5. The first-order chi connectivity index (χ1) is 15.0. The zero-order valence-corrected chi connectivity index (χ0v) is 18.1. The highest BCUT2D eigenvalue weighted by Crippen LogP contribution is 2.33. The second kappa shape index (κ2) is 9.40. The molecule has 0 radical (unpaired) electrons. The smallest absolute Gasteiger partial charge is 0.419 e. The Morgan fingerprint density at radius 1 is 1.16 bits per heavy atom. The molecule has 2 N–H and O–H groups in total. The first kappa shape index (κ1) is 23.9. The van der Waals surface area contributed by atoms with E-state index in [2.05, 4.69) is 25.6 Å². The van der Waals surface area contributed by atoms with Crippen molar-refractivity contribution in [1.29, 1.82) is 0 Å². The quantitative estimate of drug-likeness (QED) is 0.585. The van der Waals surface area contributed by atoms with E-state index in [-0.39, 0.29) is 36.2 Å². The number of halogens is 4. The molecule has 1 saturated heterocycles. The van der Waals surface area contributed by atoms with Gasteiger partial charge in [0, 0.05) is 24.8 Å². The first-order valence-corrected chi connectivity index (χ1v) is 11.5. The highest BCUT2D eigenvalue weighted by atomic mass is 32.2. The lowest BCUT2D eigenvalue weighted by molar-refractivity contribution is -0.139. The zero-order chi connectivity index (χ0) is 23.5. The van der Waals surface area contributed by atoms with E-state index in [1.165, 1.54) is 4.31 Å². The molecule has 0 bridgehead atoms. The molecule has 0 aliphatic carbocycles. The Morgan fingerprint density at radius 3 is 2.41 bits per heavy atom. The van der Waals surface area contributed by atoms with E-state index < -0.39 is 27.6 Å². The van der Waals surface area contributed by atoms with E-state index >= 15 is 0 Å². The molecule has 1 aromatic heterocycles. The van der Waals surface area contributed by atoms with E-state index in [0.717, 1.165) is 12.3 Å². The molecule has 1 aliphatic rings. The molecule has 2 heterocycles. The van der Waals surface area contributed by atoms with Gasteiger partial charge in [-0.05, 0) is 38.0 Å². The number of rotatable bonds is 7. The molecule has 14 heteroatoms. The third-order valence-corrected chi connectivity index (χ3v) is 5.98. The van der Waals surface area contributed by atoms with Crippen molar-refractivity contribution in [1.82, 2.24) is 19.3 Å². The second-order valence-electron chi connectivity index (χ2n) is 7.10. The molecule has 0 amide bonds. The summed E-state index contributed by atoms with van der Waals surface area (Å²) < 4.78 is 82.4. The molecule has 1 aliphatic heterocycles. The molecule has 2 aromatic rings. The van der Waals surface area contributed by atoms with Gasteiger partial charge in [0.25, 0.3) is 0 Å². The van der Waals surface area contributed by atoms with Crippen LogP contribution in [0.4, 0.5) is 35.1 Å². The van der Waals surface area contributed by atoms with Gasteiger partial charge < -0.3 is 15.4 Å². The molecule has 176 valence electrons. The Morgan fingerprint density at radius 2 is 1.81 bits per heavy atom. The largest absolute Gasteiger partial charge is 0.464 e. The van der Waals surface area contributed by atoms with Gasteiger partial charge in [-0.2, -0.15) is 28.1 Å². The van der Waals surface area contributed by atoms with Crippen LogP contribution in [-0.2, 0) is 16.2 Å². The predicted molar refractivity (Wildman–Crippen MR) is 109 cm³/mol. The number of piperidine rings is 1. The average Bonchev–Trinajstić information content (AvgIpc) is 2.68. The van der Waals surface area contributed by atoms with Crippen molar-refractivity contribution in [3.05, 3.63) is 29.6 Å². The fourth-order valence-electron chi connectivity index (χ4n) is 3.13. The van der Waals surface area contributed by atoms with Gasteiger partial charge >= 0.3 is 12.2 Å². The lowest BCUT2D eigenvalue weighted by atomic mass is 10.1. The summed E-state index contributed by atoms with van der Waals surface area (Å²) in [6, 6.07) is 2.26. The lowest BCUT2D eigenvalue weighted by Crippen LogP contribution is -2.42. The number of benzene rings is 1. The number of anilines is 3. The zero-order valence-electron chi connectivity index (χ0n) is 17.3. The van der Waals surface area contributed by atoms with Crippen LogP contribution in [0.25, 0.3) is 0 Å². The fraction of sp³-hybridized carbons (Fsp3) is 0.500. The van der Waals surface area contributed by atoms with Crippen molar-refractivity contribution in [2.75, 3.05) is 36.6 Å². The van der Waals surface area contributed by atoms with Gasteiger partial charge in [-0.1, -0.05) is 0 Å². The standard InChI is InChI=1S/C18H22F4N6O3S/c1-3-31-17-26-15(23-11-6-8-28(9-7-11)32(2,29)30)25-16(27-17)24-12-4-5-14(19)13(10-12)18(20,21)22/h4-5,10-11H,3,6-9H2,1-2H3,(H2,23,24,25,26,27). The maximum Gasteiger partial charge on any atom is 0.419 e. The highest BCUT2D eigenvalue weighted by Gasteiger charge is 2.34. The van der Waals surface area contributed by atoms with Crippen LogP contribution < -0.4 is 15.4 Å². The summed E-state index contributed by atoms with van der Waals surface area (Å²) in [5.74, 6) is -1.38. The minimum Gasteiger partial charge on any atom is -0.464 e. The molecule has 0 saturated carbocycles. The Bertz CT molecular complexity index is 1060. The van der Waals surface area contributed by atoms with Crippen molar-refractivity contribution in [3.8, 4) is 6.01 Å². The molecule has 9 nitrogen and oxygen atoms in total. The summed E-state index contributed by atoms with van der Waals surface area (Å²) in [6.45, 7) is 2.62. The van der Waals surface area contributed by atoms with Gasteiger partial charge in [-0.3, -0.25) is 0 Å². The minimum absolute atomic E-state index is 0.0563. The van der Waals surface area contributed by atoms with Crippen molar-refractivity contribution in [2.45, 2.75) is 32.0 Å². The van der Waals surface area contributed by atoms with Crippen LogP contribution in [0, 0.1) is 5.82 Å². The third kappa shape index (κ3) is 6.16. The van der Waals surface area contributed by atoms with Crippen LogP contribution in [0.15, 0.2) is 18.2 Å². The van der Waals surface area contributed by atoms with E-state index in [1.54, 1.807) is 6.92 Å². The Hall–Kier alpha value is -2.74. The topological polar surface area (TPSA) is 109 Å². The summed E-state index contributed by atoms with van der Waals surface area (Å²) in [7, 11) is -3.27. The summed E-state index contributed by atoms with van der Waals surface area (Å²) in [5, 5.41) is 5.69. The molecule has 1 fully saturated rings. The van der Waals surface area contributed by atoms with Crippen LogP contribution in [-0.4, -0.2) is 59.7 Å². The normalized spacial score (nSPS) is 16.1. The number of nitrogens with zero attached hydrogens (tertiary/aromatic N) is 4. The Balaban J connectivity index is 1.78. The van der Waals surface area contributed by atoms with Crippen LogP contribution in [0.5, 0.6) is 6.01 Å². The molecule has 0 unspecified atom stereocenters. The van der Waals surface area contributed by atoms with E-state index in [0.29, 0.717) is 38.1 Å². The highest BCUT2D eigenvalue weighted by molar-refractivity contribution is 7.88. The van der Waals surface area contributed by atoms with Crippen LogP contribution in [0.1, 0.15) is 25.3 Å². The molecule has 1 aromatic carbocycles. The van der Waals surface area contributed by atoms with Crippen LogP contribution in [0.2, 0.25) is 0 Å². The number of hydrogen-bond acceptors (Lipinski definition) is 8. The molecule has 0 spiro atoms. The Kier molecular flexibility index (Phi) is 7.03. The van der Waals surface area contributed by atoms with Gasteiger partial charge in [0.05, 0.1) is 18.4 Å². The lowest BCUT2D eigenvalue weighted by Gasteiger charge is -2.30. The van der Waals surface area contributed by atoms with Crippen LogP contribution in [0.3, 0.4) is 0 Å². The molecule has 32 heavy (non-hydrogen) atoms. The number of aromatic nitrogens is 3. The number of sulfonamides is 1. The van der Waals surface area contributed by atoms with E-state index in [1.807, 2.05) is 0 Å².